The zero-order chi connectivity index (χ0) is 7.97. The molecule has 3 rings (SSSR count). The van der Waals surface area contributed by atoms with Crippen LogP contribution in [0.5, 0.6) is 0 Å². The van der Waals surface area contributed by atoms with Gasteiger partial charge >= 0.3 is 0 Å². The van der Waals surface area contributed by atoms with Crippen molar-refractivity contribution in [2.24, 2.45) is 0 Å². The Morgan fingerprint density at radius 2 is 2.42 bits per heavy atom. The molecule has 2 heterocycles. The summed E-state index contributed by atoms with van der Waals surface area (Å²) in [6.07, 6.45) is 11.5. The molecule has 0 saturated carbocycles. The molecular formula is C10H8N2. The third-order valence-electron chi connectivity index (χ3n) is 2.27. The minimum atomic E-state index is 1.04. The van der Waals surface area contributed by atoms with Gasteiger partial charge in [0.15, 0.2) is 0 Å². The van der Waals surface area contributed by atoms with Gasteiger partial charge in [0.1, 0.15) is 0 Å². The van der Waals surface area contributed by atoms with Crippen molar-refractivity contribution in [3.63, 3.8) is 0 Å². The summed E-state index contributed by atoms with van der Waals surface area (Å²) in [7, 11) is 0. The molecule has 0 saturated heterocycles. The van der Waals surface area contributed by atoms with Gasteiger partial charge in [-0.2, -0.15) is 5.10 Å². The monoisotopic (exact) mass is 156 g/mol. The highest BCUT2D eigenvalue weighted by Gasteiger charge is 2.04. The molecular weight excluding hydrogens is 148 g/mol. The number of hydrogen-bond acceptors (Lipinski definition) is 1. The fourth-order valence-corrected chi connectivity index (χ4v) is 1.72. The molecule has 2 aromatic heterocycles. The van der Waals surface area contributed by atoms with E-state index in [0.29, 0.717) is 0 Å². The predicted molar refractivity (Wildman–Crippen MR) is 48.5 cm³/mol. The molecule has 0 aliphatic heterocycles. The van der Waals surface area contributed by atoms with E-state index in [2.05, 4.69) is 35.6 Å². The van der Waals surface area contributed by atoms with Crippen molar-refractivity contribution < 1.29 is 0 Å². The summed E-state index contributed by atoms with van der Waals surface area (Å²) in [5, 5.41) is 5.52. The first-order valence-electron chi connectivity index (χ1n) is 4.08. The highest BCUT2D eigenvalue weighted by Crippen LogP contribution is 2.08. The number of nitrogens with zero attached hydrogens (tertiary/aromatic N) is 2. The van der Waals surface area contributed by atoms with Crippen molar-refractivity contribution in [2.45, 2.75) is 6.42 Å². The SMILES string of the molecule is C1=Cc2cn3nccc3c2=CC1. The lowest BCUT2D eigenvalue weighted by molar-refractivity contribution is 0.975. The first kappa shape index (κ1) is 6.00. The fraction of sp³-hybridized carbons (Fsp3) is 0.100. The standard InChI is InChI=1S/C10H8N2/c1-2-4-9-8(3-1)7-12-10(9)5-6-11-12/h1,3-7H,2H2. The number of aromatic nitrogens is 2. The molecule has 2 aromatic rings. The molecule has 12 heavy (non-hydrogen) atoms. The Morgan fingerprint density at radius 3 is 3.42 bits per heavy atom. The number of hydrogen-bond donors (Lipinski definition) is 0. The van der Waals surface area contributed by atoms with Gasteiger partial charge in [0.05, 0.1) is 5.52 Å². The van der Waals surface area contributed by atoms with Gasteiger partial charge in [-0.3, -0.25) is 0 Å². The molecule has 0 aromatic carbocycles. The fourth-order valence-electron chi connectivity index (χ4n) is 1.72. The highest BCUT2D eigenvalue weighted by atomic mass is 15.2. The minimum absolute atomic E-state index is 1.04. The number of fused-ring (bicyclic) bond motifs is 3. The second kappa shape index (κ2) is 1.97. The van der Waals surface area contributed by atoms with Gasteiger partial charge in [-0.05, 0) is 12.5 Å². The van der Waals surface area contributed by atoms with Gasteiger partial charge in [0.25, 0.3) is 0 Å². The average molecular weight is 156 g/mol. The molecule has 0 spiro atoms. The third-order valence-corrected chi connectivity index (χ3v) is 2.27. The molecule has 0 radical (unpaired) electrons. The molecule has 0 N–H and O–H groups in total. The van der Waals surface area contributed by atoms with Crippen LogP contribution in [0.1, 0.15) is 12.0 Å². The van der Waals surface area contributed by atoms with Crippen molar-refractivity contribution in [3.05, 3.63) is 35.3 Å². The average Bonchev–Trinajstić information content (AvgIpc) is 2.62. The Hall–Kier alpha value is -1.57. The van der Waals surface area contributed by atoms with Gasteiger partial charge in [-0.15, -0.1) is 0 Å². The van der Waals surface area contributed by atoms with Crippen LogP contribution in [0, 0.1) is 0 Å². The lowest BCUT2D eigenvalue weighted by atomic mass is 10.1. The van der Waals surface area contributed by atoms with E-state index in [4.69, 9.17) is 0 Å². The first-order chi connectivity index (χ1) is 5.95. The van der Waals surface area contributed by atoms with E-state index < -0.39 is 0 Å². The van der Waals surface area contributed by atoms with Crippen LogP contribution in [0.15, 0.2) is 24.5 Å². The van der Waals surface area contributed by atoms with Gasteiger partial charge in [0, 0.05) is 23.2 Å². The van der Waals surface area contributed by atoms with Crippen molar-refractivity contribution >= 4 is 17.7 Å². The molecule has 0 atom stereocenters. The maximum Gasteiger partial charge on any atom is 0.0737 e. The molecule has 1 aliphatic carbocycles. The topological polar surface area (TPSA) is 17.3 Å². The Balaban J connectivity index is 2.58. The largest absolute Gasteiger partial charge is 0.240 e. The molecule has 2 nitrogen and oxygen atoms in total. The number of rotatable bonds is 0. The highest BCUT2D eigenvalue weighted by molar-refractivity contribution is 5.67. The lowest BCUT2D eigenvalue weighted by Gasteiger charge is -1.92. The van der Waals surface area contributed by atoms with Crippen molar-refractivity contribution in [1.29, 1.82) is 0 Å². The molecule has 1 aliphatic rings. The molecule has 0 unspecified atom stereocenters. The summed E-state index contributed by atoms with van der Waals surface area (Å²) < 4.78 is 1.93. The Bertz CT molecular complexity index is 505. The third kappa shape index (κ3) is 0.619. The smallest absolute Gasteiger partial charge is 0.0737 e. The quantitative estimate of drug-likeness (QED) is 0.561. The summed E-state index contributed by atoms with van der Waals surface area (Å²) in [5.41, 5.74) is 2.50. The van der Waals surface area contributed by atoms with Crippen LogP contribution in [-0.4, -0.2) is 9.61 Å². The molecule has 0 fully saturated rings. The molecule has 2 heteroatoms. The lowest BCUT2D eigenvalue weighted by Crippen LogP contribution is -2.02. The number of allylic oxidation sites excluding steroid dienone is 1. The van der Waals surface area contributed by atoms with Crippen LogP contribution in [0.25, 0.3) is 17.7 Å². The van der Waals surface area contributed by atoms with E-state index in [1.54, 1.807) is 0 Å². The van der Waals surface area contributed by atoms with Crippen LogP contribution in [0.2, 0.25) is 0 Å². The Kier molecular flexibility index (Phi) is 0.987. The van der Waals surface area contributed by atoms with E-state index in [9.17, 15) is 0 Å². The van der Waals surface area contributed by atoms with E-state index in [1.165, 1.54) is 16.3 Å². The maximum absolute atomic E-state index is 4.19. The zero-order valence-electron chi connectivity index (χ0n) is 6.57. The molecule has 58 valence electrons. The Labute approximate surface area is 69.8 Å². The summed E-state index contributed by atoms with van der Waals surface area (Å²) >= 11 is 0. The minimum Gasteiger partial charge on any atom is -0.240 e. The normalized spacial score (nSPS) is 14.7. The Morgan fingerprint density at radius 1 is 1.42 bits per heavy atom. The van der Waals surface area contributed by atoms with Crippen LogP contribution in [0.3, 0.4) is 0 Å². The summed E-state index contributed by atoms with van der Waals surface area (Å²) in [6, 6.07) is 2.05. The second-order valence-corrected chi connectivity index (χ2v) is 3.00. The van der Waals surface area contributed by atoms with Crippen LogP contribution < -0.4 is 5.22 Å². The summed E-state index contributed by atoms with van der Waals surface area (Å²) in [4.78, 5) is 0. The van der Waals surface area contributed by atoms with Gasteiger partial charge in [0.2, 0.25) is 0 Å². The van der Waals surface area contributed by atoms with Crippen molar-refractivity contribution in [2.75, 3.05) is 0 Å². The van der Waals surface area contributed by atoms with Crippen LogP contribution >= 0.6 is 0 Å². The van der Waals surface area contributed by atoms with E-state index in [1.807, 2.05) is 10.7 Å². The molecule has 0 amide bonds. The second-order valence-electron chi connectivity index (χ2n) is 3.00. The van der Waals surface area contributed by atoms with Crippen molar-refractivity contribution in [3.8, 4) is 0 Å². The van der Waals surface area contributed by atoms with E-state index in [0.717, 1.165) is 6.42 Å². The van der Waals surface area contributed by atoms with E-state index >= 15 is 0 Å². The maximum atomic E-state index is 4.19. The zero-order valence-corrected chi connectivity index (χ0v) is 6.57. The van der Waals surface area contributed by atoms with Crippen LogP contribution in [-0.2, 0) is 0 Å². The van der Waals surface area contributed by atoms with E-state index in [-0.39, 0.29) is 0 Å². The predicted octanol–water partition coefficient (Wildman–Crippen LogP) is 1.25. The van der Waals surface area contributed by atoms with Gasteiger partial charge < -0.3 is 0 Å². The van der Waals surface area contributed by atoms with Crippen molar-refractivity contribution in [1.82, 2.24) is 9.61 Å². The van der Waals surface area contributed by atoms with Gasteiger partial charge in [-0.1, -0.05) is 18.2 Å². The molecule has 0 bridgehead atoms. The van der Waals surface area contributed by atoms with Gasteiger partial charge in [-0.25, -0.2) is 4.52 Å². The summed E-state index contributed by atoms with van der Waals surface area (Å²) in [6.45, 7) is 0. The van der Waals surface area contributed by atoms with Crippen LogP contribution in [0.4, 0.5) is 0 Å². The first-order valence-corrected chi connectivity index (χ1v) is 4.08. The summed E-state index contributed by atoms with van der Waals surface area (Å²) in [5.74, 6) is 0.